The number of rotatable bonds is 2. The Balaban J connectivity index is 2.37. The summed E-state index contributed by atoms with van der Waals surface area (Å²) in [4.78, 5) is 0. The van der Waals surface area contributed by atoms with Gasteiger partial charge in [-0.15, -0.1) is 0 Å². The van der Waals surface area contributed by atoms with Crippen LogP contribution in [0.3, 0.4) is 0 Å². The highest BCUT2D eigenvalue weighted by Gasteiger charge is 2.21. The van der Waals surface area contributed by atoms with Crippen molar-refractivity contribution in [2.75, 3.05) is 13.7 Å². The van der Waals surface area contributed by atoms with E-state index in [2.05, 4.69) is 12.1 Å². The van der Waals surface area contributed by atoms with Gasteiger partial charge in [0.05, 0.1) is 7.11 Å². The van der Waals surface area contributed by atoms with E-state index in [1.165, 1.54) is 24.0 Å². The molecule has 0 saturated heterocycles. The van der Waals surface area contributed by atoms with Crippen molar-refractivity contribution in [2.24, 2.45) is 5.73 Å². The van der Waals surface area contributed by atoms with E-state index >= 15 is 0 Å². The van der Waals surface area contributed by atoms with Gasteiger partial charge in [0.1, 0.15) is 5.75 Å². The second-order valence-electron chi connectivity index (χ2n) is 3.54. The Hall–Kier alpha value is -1.02. The third kappa shape index (κ3) is 1.42. The Kier molecular flexibility index (Phi) is 2.23. The molecule has 0 radical (unpaired) electrons. The minimum Gasteiger partial charge on any atom is -0.497 e. The third-order valence-corrected chi connectivity index (χ3v) is 2.84. The van der Waals surface area contributed by atoms with Gasteiger partial charge in [0, 0.05) is 0 Å². The van der Waals surface area contributed by atoms with E-state index in [4.69, 9.17) is 10.5 Å². The Bertz CT molecular complexity index is 309. The van der Waals surface area contributed by atoms with E-state index in [0.717, 1.165) is 12.3 Å². The average Bonchev–Trinajstić information content (AvgIpc) is 2.59. The number of fused-ring (bicyclic) bond motifs is 1. The van der Waals surface area contributed by atoms with Crippen molar-refractivity contribution >= 4 is 0 Å². The van der Waals surface area contributed by atoms with Gasteiger partial charge in [-0.2, -0.15) is 0 Å². The molecule has 2 heteroatoms. The van der Waals surface area contributed by atoms with E-state index in [-0.39, 0.29) is 0 Å². The lowest BCUT2D eigenvalue weighted by atomic mass is 10.0. The molecular formula is C11H15NO. The number of hydrogen-bond acceptors (Lipinski definition) is 2. The number of ether oxygens (including phenoxy) is 1. The molecule has 0 bridgehead atoms. The topological polar surface area (TPSA) is 35.2 Å². The summed E-state index contributed by atoms with van der Waals surface area (Å²) in [6.45, 7) is 0.750. The zero-order valence-corrected chi connectivity index (χ0v) is 7.92. The highest BCUT2D eigenvalue weighted by Crippen LogP contribution is 2.34. The SMILES string of the molecule is COc1ccc2c(c1)C(CN)CC2. The maximum Gasteiger partial charge on any atom is 0.119 e. The Morgan fingerprint density at radius 2 is 2.38 bits per heavy atom. The number of benzene rings is 1. The van der Waals surface area contributed by atoms with Crippen LogP contribution >= 0.6 is 0 Å². The predicted molar refractivity (Wildman–Crippen MR) is 53.1 cm³/mol. The summed E-state index contributed by atoms with van der Waals surface area (Å²) in [6.07, 6.45) is 2.36. The fraction of sp³-hybridized carbons (Fsp3) is 0.455. The minimum absolute atomic E-state index is 0.546. The summed E-state index contributed by atoms with van der Waals surface area (Å²) in [5.41, 5.74) is 8.53. The molecule has 0 saturated carbocycles. The van der Waals surface area contributed by atoms with Crippen molar-refractivity contribution in [1.82, 2.24) is 0 Å². The van der Waals surface area contributed by atoms with Crippen molar-refractivity contribution in [1.29, 1.82) is 0 Å². The molecule has 0 amide bonds. The molecule has 0 spiro atoms. The molecule has 2 nitrogen and oxygen atoms in total. The van der Waals surface area contributed by atoms with Crippen LogP contribution in [0.25, 0.3) is 0 Å². The normalized spacial score (nSPS) is 20.0. The van der Waals surface area contributed by atoms with Gasteiger partial charge in [-0.05, 0) is 48.6 Å². The van der Waals surface area contributed by atoms with E-state index in [1.54, 1.807) is 7.11 Å². The van der Waals surface area contributed by atoms with Gasteiger partial charge >= 0.3 is 0 Å². The Morgan fingerprint density at radius 3 is 3.08 bits per heavy atom. The fourth-order valence-electron chi connectivity index (χ4n) is 2.04. The zero-order chi connectivity index (χ0) is 9.26. The molecule has 1 aliphatic carbocycles. The number of hydrogen-bond donors (Lipinski definition) is 1. The lowest BCUT2D eigenvalue weighted by Gasteiger charge is -2.09. The first-order valence-corrected chi connectivity index (χ1v) is 4.72. The molecule has 0 aromatic heterocycles. The fourth-order valence-corrected chi connectivity index (χ4v) is 2.04. The van der Waals surface area contributed by atoms with Gasteiger partial charge in [0.25, 0.3) is 0 Å². The van der Waals surface area contributed by atoms with E-state index in [1.807, 2.05) is 6.07 Å². The van der Waals surface area contributed by atoms with Crippen LogP contribution in [0.5, 0.6) is 5.75 Å². The molecule has 2 rings (SSSR count). The molecule has 0 aliphatic heterocycles. The first-order chi connectivity index (χ1) is 6.35. The van der Waals surface area contributed by atoms with Gasteiger partial charge < -0.3 is 10.5 Å². The van der Waals surface area contributed by atoms with E-state index < -0.39 is 0 Å². The zero-order valence-electron chi connectivity index (χ0n) is 7.92. The van der Waals surface area contributed by atoms with Gasteiger partial charge in [0.15, 0.2) is 0 Å². The quantitative estimate of drug-likeness (QED) is 0.746. The van der Waals surface area contributed by atoms with Crippen LogP contribution in [0, 0.1) is 0 Å². The van der Waals surface area contributed by atoms with Gasteiger partial charge in [-0.3, -0.25) is 0 Å². The van der Waals surface area contributed by atoms with Crippen LogP contribution in [0.2, 0.25) is 0 Å². The first-order valence-electron chi connectivity index (χ1n) is 4.72. The van der Waals surface area contributed by atoms with Crippen LogP contribution < -0.4 is 10.5 Å². The molecule has 0 heterocycles. The average molecular weight is 177 g/mol. The summed E-state index contributed by atoms with van der Waals surface area (Å²) < 4.78 is 5.19. The third-order valence-electron chi connectivity index (χ3n) is 2.84. The van der Waals surface area contributed by atoms with Crippen LogP contribution in [0.4, 0.5) is 0 Å². The van der Waals surface area contributed by atoms with Crippen LogP contribution in [-0.2, 0) is 6.42 Å². The van der Waals surface area contributed by atoms with Gasteiger partial charge in [-0.25, -0.2) is 0 Å². The van der Waals surface area contributed by atoms with E-state index in [9.17, 15) is 0 Å². The second kappa shape index (κ2) is 3.38. The maximum atomic E-state index is 5.70. The van der Waals surface area contributed by atoms with Crippen molar-refractivity contribution in [3.63, 3.8) is 0 Å². The lowest BCUT2D eigenvalue weighted by Crippen LogP contribution is -2.09. The van der Waals surface area contributed by atoms with Crippen molar-refractivity contribution in [3.05, 3.63) is 29.3 Å². The molecule has 1 unspecified atom stereocenters. The molecule has 1 aromatic rings. The predicted octanol–water partition coefficient (Wildman–Crippen LogP) is 1.68. The molecule has 2 N–H and O–H groups in total. The molecule has 1 aliphatic rings. The Morgan fingerprint density at radius 1 is 1.54 bits per heavy atom. The molecule has 13 heavy (non-hydrogen) atoms. The number of methoxy groups -OCH3 is 1. The van der Waals surface area contributed by atoms with Crippen molar-refractivity contribution in [2.45, 2.75) is 18.8 Å². The van der Waals surface area contributed by atoms with Crippen molar-refractivity contribution < 1.29 is 4.74 Å². The minimum atomic E-state index is 0.546. The monoisotopic (exact) mass is 177 g/mol. The standard InChI is InChI=1S/C11H15NO/c1-13-10-5-4-8-2-3-9(7-12)11(8)6-10/h4-6,9H,2-3,7,12H2,1H3. The summed E-state index contributed by atoms with van der Waals surface area (Å²) in [7, 11) is 1.70. The maximum absolute atomic E-state index is 5.70. The highest BCUT2D eigenvalue weighted by molar-refractivity contribution is 5.41. The van der Waals surface area contributed by atoms with Crippen LogP contribution in [0.15, 0.2) is 18.2 Å². The summed E-state index contributed by atoms with van der Waals surface area (Å²) in [5.74, 6) is 1.49. The van der Waals surface area contributed by atoms with Crippen LogP contribution in [-0.4, -0.2) is 13.7 Å². The molecule has 0 fully saturated rings. The van der Waals surface area contributed by atoms with Gasteiger partial charge in [0.2, 0.25) is 0 Å². The number of nitrogens with two attached hydrogens (primary N) is 1. The smallest absolute Gasteiger partial charge is 0.119 e. The molecule has 1 aromatic carbocycles. The summed E-state index contributed by atoms with van der Waals surface area (Å²) in [6, 6.07) is 6.31. The van der Waals surface area contributed by atoms with E-state index in [0.29, 0.717) is 5.92 Å². The summed E-state index contributed by atoms with van der Waals surface area (Å²) in [5, 5.41) is 0. The Labute approximate surface area is 78.7 Å². The van der Waals surface area contributed by atoms with Crippen molar-refractivity contribution in [3.8, 4) is 5.75 Å². The second-order valence-corrected chi connectivity index (χ2v) is 3.54. The largest absolute Gasteiger partial charge is 0.497 e. The molecule has 70 valence electrons. The molecular weight excluding hydrogens is 162 g/mol. The first kappa shape index (κ1) is 8.57. The summed E-state index contributed by atoms with van der Waals surface area (Å²) >= 11 is 0. The van der Waals surface area contributed by atoms with Gasteiger partial charge in [-0.1, -0.05) is 6.07 Å². The lowest BCUT2D eigenvalue weighted by molar-refractivity contribution is 0.414. The van der Waals surface area contributed by atoms with Crippen LogP contribution in [0.1, 0.15) is 23.5 Å². The molecule has 1 atom stereocenters. The highest BCUT2D eigenvalue weighted by atomic mass is 16.5. The number of aryl methyl sites for hydroxylation is 1.